The summed E-state index contributed by atoms with van der Waals surface area (Å²) in [4.78, 5) is 0. The van der Waals surface area contributed by atoms with Crippen LogP contribution in [0, 0.1) is 5.82 Å². The highest BCUT2D eigenvalue weighted by molar-refractivity contribution is 7.07. The van der Waals surface area contributed by atoms with E-state index in [1.807, 2.05) is 12.1 Å². The van der Waals surface area contributed by atoms with Crippen LogP contribution >= 0.6 is 11.3 Å². The van der Waals surface area contributed by atoms with Crippen molar-refractivity contribution >= 4 is 11.3 Å². The number of rotatable bonds is 6. The van der Waals surface area contributed by atoms with Gasteiger partial charge >= 0.3 is 0 Å². The second-order valence-corrected chi connectivity index (χ2v) is 5.31. The second kappa shape index (κ2) is 6.66. The van der Waals surface area contributed by atoms with Crippen molar-refractivity contribution in [3.8, 4) is 0 Å². The highest BCUT2D eigenvalue weighted by Gasteiger charge is 2.06. The van der Waals surface area contributed by atoms with Crippen LogP contribution in [0.3, 0.4) is 0 Å². The smallest absolute Gasteiger partial charge is 0.126 e. The molecule has 1 aromatic carbocycles. The lowest BCUT2D eigenvalue weighted by molar-refractivity contribution is 0.529. The van der Waals surface area contributed by atoms with Crippen molar-refractivity contribution in [1.29, 1.82) is 0 Å². The van der Waals surface area contributed by atoms with Gasteiger partial charge in [0, 0.05) is 6.04 Å². The van der Waals surface area contributed by atoms with Crippen molar-refractivity contribution in [2.24, 2.45) is 0 Å². The fourth-order valence-corrected chi connectivity index (χ4v) is 2.67. The summed E-state index contributed by atoms with van der Waals surface area (Å²) < 4.78 is 13.5. The predicted octanol–water partition coefficient (Wildman–Crippen LogP) is 3.65. The summed E-state index contributed by atoms with van der Waals surface area (Å²) in [6.07, 6.45) is 1.77. The molecular formula is C15H18FNS. The van der Waals surface area contributed by atoms with Crippen molar-refractivity contribution in [1.82, 2.24) is 5.32 Å². The third-order valence-electron chi connectivity index (χ3n) is 2.97. The zero-order valence-electron chi connectivity index (χ0n) is 10.5. The van der Waals surface area contributed by atoms with Gasteiger partial charge < -0.3 is 5.32 Å². The standard InChI is InChI=1S/C15H18FNS/c1-12(10-14-4-2-3-5-15(14)16)17-8-6-13-7-9-18-11-13/h2-5,7,9,11-12,17H,6,8,10H2,1H3. The maximum atomic E-state index is 13.5. The molecule has 18 heavy (non-hydrogen) atoms. The van der Waals surface area contributed by atoms with E-state index in [1.54, 1.807) is 17.4 Å². The number of benzene rings is 1. The van der Waals surface area contributed by atoms with Gasteiger partial charge in [0.1, 0.15) is 5.82 Å². The Balaban J connectivity index is 1.75. The van der Waals surface area contributed by atoms with Gasteiger partial charge in [0.2, 0.25) is 0 Å². The molecule has 1 unspecified atom stereocenters. The average Bonchev–Trinajstić information content (AvgIpc) is 2.85. The third-order valence-corrected chi connectivity index (χ3v) is 3.70. The van der Waals surface area contributed by atoms with Crippen LogP contribution in [0.4, 0.5) is 4.39 Å². The van der Waals surface area contributed by atoms with Gasteiger partial charge in [-0.05, 0) is 60.3 Å². The van der Waals surface area contributed by atoms with Crippen LogP contribution in [0.1, 0.15) is 18.1 Å². The largest absolute Gasteiger partial charge is 0.314 e. The van der Waals surface area contributed by atoms with Crippen molar-refractivity contribution in [3.63, 3.8) is 0 Å². The van der Waals surface area contributed by atoms with E-state index in [0.717, 1.165) is 24.9 Å². The van der Waals surface area contributed by atoms with E-state index in [0.29, 0.717) is 6.04 Å². The topological polar surface area (TPSA) is 12.0 Å². The fourth-order valence-electron chi connectivity index (χ4n) is 1.96. The Morgan fingerprint density at radius 1 is 1.28 bits per heavy atom. The molecule has 0 radical (unpaired) electrons. The van der Waals surface area contributed by atoms with Crippen molar-refractivity contribution in [2.75, 3.05) is 6.54 Å². The van der Waals surface area contributed by atoms with Crippen molar-refractivity contribution < 1.29 is 4.39 Å². The molecule has 0 aliphatic rings. The fraction of sp³-hybridized carbons (Fsp3) is 0.333. The first-order valence-electron chi connectivity index (χ1n) is 6.23. The van der Waals surface area contributed by atoms with E-state index in [2.05, 4.69) is 29.1 Å². The molecular weight excluding hydrogens is 245 g/mol. The van der Waals surface area contributed by atoms with Gasteiger partial charge in [-0.1, -0.05) is 18.2 Å². The quantitative estimate of drug-likeness (QED) is 0.839. The Labute approximate surface area is 112 Å². The first-order valence-corrected chi connectivity index (χ1v) is 7.18. The van der Waals surface area contributed by atoms with Gasteiger partial charge in [0.05, 0.1) is 0 Å². The molecule has 1 nitrogen and oxygen atoms in total. The Morgan fingerprint density at radius 3 is 2.83 bits per heavy atom. The van der Waals surface area contributed by atoms with E-state index in [4.69, 9.17) is 0 Å². The molecule has 0 aliphatic carbocycles. The molecule has 0 fully saturated rings. The molecule has 0 saturated heterocycles. The maximum Gasteiger partial charge on any atom is 0.126 e. The minimum absolute atomic E-state index is 0.107. The van der Waals surface area contributed by atoms with Gasteiger partial charge in [0.25, 0.3) is 0 Å². The molecule has 0 aliphatic heterocycles. The number of hydrogen-bond acceptors (Lipinski definition) is 2. The van der Waals surface area contributed by atoms with Crippen molar-refractivity contribution in [2.45, 2.75) is 25.8 Å². The van der Waals surface area contributed by atoms with Crippen molar-refractivity contribution in [3.05, 3.63) is 58.0 Å². The van der Waals surface area contributed by atoms with Gasteiger partial charge in [0.15, 0.2) is 0 Å². The number of thiophene rings is 1. The van der Waals surface area contributed by atoms with Crippen LogP contribution in [0.25, 0.3) is 0 Å². The first-order chi connectivity index (χ1) is 8.75. The average molecular weight is 263 g/mol. The number of hydrogen-bond donors (Lipinski definition) is 1. The summed E-state index contributed by atoms with van der Waals surface area (Å²) in [5, 5.41) is 7.70. The number of halogens is 1. The van der Waals surface area contributed by atoms with E-state index < -0.39 is 0 Å². The molecule has 3 heteroatoms. The lowest BCUT2D eigenvalue weighted by Gasteiger charge is -2.14. The summed E-state index contributed by atoms with van der Waals surface area (Å²) >= 11 is 1.73. The van der Waals surface area contributed by atoms with Gasteiger partial charge in [-0.25, -0.2) is 4.39 Å². The maximum absolute atomic E-state index is 13.5. The molecule has 0 amide bonds. The highest BCUT2D eigenvalue weighted by atomic mass is 32.1. The van der Waals surface area contributed by atoms with Gasteiger partial charge in [-0.15, -0.1) is 0 Å². The number of nitrogens with one attached hydrogen (secondary N) is 1. The zero-order valence-corrected chi connectivity index (χ0v) is 11.3. The Morgan fingerprint density at radius 2 is 2.11 bits per heavy atom. The summed E-state index contributed by atoms with van der Waals surface area (Å²) in [6, 6.07) is 9.43. The lowest BCUT2D eigenvalue weighted by Crippen LogP contribution is -2.30. The predicted molar refractivity (Wildman–Crippen MR) is 75.6 cm³/mol. The Kier molecular flexibility index (Phi) is 4.90. The normalized spacial score (nSPS) is 12.6. The summed E-state index contributed by atoms with van der Waals surface area (Å²) in [7, 11) is 0. The Hall–Kier alpha value is -1.19. The minimum Gasteiger partial charge on any atom is -0.314 e. The monoisotopic (exact) mass is 263 g/mol. The molecule has 1 heterocycles. The van der Waals surface area contributed by atoms with E-state index in [9.17, 15) is 4.39 Å². The van der Waals surface area contributed by atoms with Crippen LogP contribution in [0.15, 0.2) is 41.1 Å². The van der Waals surface area contributed by atoms with Gasteiger partial charge in [-0.3, -0.25) is 0 Å². The van der Waals surface area contributed by atoms with Crippen LogP contribution < -0.4 is 5.32 Å². The lowest BCUT2D eigenvalue weighted by atomic mass is 10.1. The molecule has 1 atom stereocenters. The van der Waals surface area contributed by atoms with Crippen LogP contribution in [0.5, 0.6) is 0 Å². The first kappa shape index (κ1) is 13.2. The molecule has 1 N–H and O–H groups in total. The van der Waals surface area contributed by atoms with E-state index >= 15 is 0 Å². The van der Waals surface area contributed by atoms with Crippen LogP contribution in [-0.2, 0) is 12.8 Å². The third kappa shape index (κ3) is 3.93. The van der Waals surface area contributed by atoms with Gasteiger partial charge in [-0.2, -0.15) is 11.3 Å². The SMILES string of the molecule is CC(Cc1ccccc1F)NCCc1ccsc1. The van der Waals surface area contributed by atoms with E-state index in [1.165, 1.54) is 11.6 Å². The summed E-state index contributed by atoms with van der Waals surface area (Å²) in [5.74, 6) is -0.107. The molecule has 96 valence electrons. The summed E-state index contributed by atoms with van der Waals surface area (Å²) in [5.41, 5.74) is 2.15. The van der Waals surface area contributed by atoms with Crippen LogP contribution in [0.2, 0.25) is 0 Å². The second-order valence-electron chi connectivity index (χ2n) is 4.53. The summed E-state index contributed by atoms with van der Waals surface area (Å²) in [6.45, 7) is 3.03. The molecule has 0 spiro atoms. The van der Waals surface area contributed by atoms with E-state index in [-0.39, 0.29) is 5.82 Å². The molecule has 2 aromatic rings. The molecule has 2 rings (SSSR count). The zero-order chi connectivity index (χ0) is 12.8. The minimum atomic E-state index is -0.107. The van der Waals surface area contributed by atoms with Crippen LogP contribution in [-0.4, -0.2) is 12.6 Å². The molecule has 0 saturated carbocycles. The molecule has 1 aromatic heterocycles. The Bertz CT molecular complexity index is 467. The molecule has 0 bridgehead atoms. The highest BCUT2D eigenvalue weighted by Crippen LogP contribution is 2.09.